The molecule has 13 rings (SSSR count). The van der Waals surface area contributed by atoms with E-state index in [9.17, 15) is 6.85 Å². The Morgan fingerprint density at radius 1 is 0.426 bits per heavy atom. The van der Waals surface area contributed by atoms with Crippen molar-refractivity contribution in [3.05, 3.63) is 253 Å². The van der Waals surface area contributed by atoms with Crippen LogP contribution in [-0.4, -0.2) is 4.57 Å². The van der Waals surface area contributed by atoms with Gasteiger partial charge in [-0.2, -0.15) is 0 Å². The number of hydrogen-bond acceptors (Lipinski definition) is 1. The Hall–Kier alpha value is -7.94. The lowest BCUT2D eigenvalue weighted by Crippen LogP contribution is -2.31. The van der Waals surface area contributed by atoms with E-state index in [2.05, 4.69) is 161 Å². The number of para-hydroxylation sites is 3. The summed E-state index contributed by atoms with van der Waals surface area (Å²) in [7, 11) is 0. The molecule has 2 heteroatoms. The molecular weight excluding hydrogens is 737 g/mol. The lowest BCUT2D eigenvalue weighted by atomic mass is 9.61. The van der Waals surface area contributed by atoms with Crippen LogP contribution >= 0.6 is 0 Å². The van der Waals surface area contributed by atoms with Crippen molar-refractivity contribution >= 4 is 49.6 Å². The Morgan fingerprint density at radius 3 is 1.89 bits per heavy atom. The minimum Gasteiger partial charge on any atom is -0.309 e. The van der Waals surface area contributed by atoms with Crippen molar-refractivity contribution < 1.29 is 8.22 Å². The first-order chi connectivity index (χ1) is 32.8. The van der Waals surface area contributed by atoms with E-state index >= 15 is 0 Å². The molecule has 1 spiro atoms. The number of rotatable bonds is 5. The van der Waals surface area contributed by atoms with Crippen molar-refractivity contribution in [3.63, 3.8) is 0 Å². The van der Waals surface area contributed by atoms with Gasteiger partial charge in [0.2, 0.25) is 0 Å². The second kappa shape index (κ2) is 13.0. The zero-order valence-corrected chi connectivity index (χ0v) is 32.9. The van der Waals surface area contributed by atoms with Gasteiger partial charge in [0.05, 0.1) is 36.0 Å². The van der Waals surface area contributed by atoms with Gasteiger partial charge < -0.3 is 9.47 Å². The number of nitrogens with zero attached hydrogens (tertiary/aromatic N) is 2. The Bertz CT molecular complexity index is 3890. The molecule has 0 aliphatic heterocycles. The maximum Gasteiger partial charge on any atom is 0.0726 e. The van der Waals surface area contributed by atoms with Crippen LogP contribution in [0.1, 0.15) is 30.5 Å². The molecule has 0 fully saturated rings. The Kier molecular flexibility index (Phi) is 6.08. The fourth-order valence-corrected chi connectivity index (χ4v) is 10.6. The molecule has 2 aliphatic rings. The van der Waals surface area contributed by atoms with E-state index in [0.29, 0.717) is 16.5 Å². The molecular formula is C59H38N2. The number of benzene rings is 10. The minimum atomic E-state index is -1.19. The molecule has 61 heavy (non-hydrogen) atoms. The second-order valence-corrected chi connectivity index (χ2v) is 15.9. The van der Waals surface area contributed by atoms with Crippen molar-refractivity contribution in [1.82, 2.24) is 4.57 Å². The van der Waals surface area contributed by atoms with Crippen LogP contribution in [0.4, 0.5) is 17.1 Å². The van der Waals surface area contributed by atoms with Crippen LogP contribution in [0.2, 0.25) is 0 Å². The van der Waals surface area contributed by atoms with Gasteiger partial charge in [0, 0.05) is 33.3 Å². The third-order valence-corrected chi connectivity index (χ3v) is 12.9. The highest BCUT2D eigenvalue weighted by molar-refractivity contribution is 6.12. The summed E-state index contributed by atoms with van der Waals surface area (Å²) in [5.74, 6) is 0. The SMILES string of the molecule is [2H]c1c([2H])c2c3c(c([2H])c([2H])c([2H])c3c1[2H])C1(c3ccccc3-c3c(N(c4ccc5c(c4)c4ccccc4n5-c4ccccc4)c4ccccc4-c4ccccc4)cccc31)c1ccccc1-2. The zero-order valence-electron chi connectivity index (χ0n) is 38.9. The van der Waals surface area contributed by atoms with Crippen molar-refractivity contribution in [1.29, 1.82) is 0 Å². The van der Waals surface area contributed by atoms with Gasteiger partial charge in [-0.05, 0) is 104 Å². The summed E-state index contributed by atoms with van der Waals surface area (Å²) in [4.78, 5) is 2.36. The van der Waals surface area contributed by atoms with Gasteiger partial charge in [-0.15, -0.1) is 0 Å². The van der Waals surface area contributed by atoms with Crippen LogP contribution in [-0.2, 0) is 5.41 Å². The number of aromatic nitrogens is 1. The highest BCUT2D eigenvalue weighted by Gasteiger charge is 2.51. The summed E-state index contributed by atoms with van der Waals surface area (Å²) in [5.41, 5.74) is 13.2. The van der Waals surface area contributed by atoms with Crippen LogP contribution in [0.5, 0.6) is 0 Å². The second-order valence-electron chi connectivity index (χ2n) is 15.9. The zero-order chi connectivity index (χ0) is 45.3. The van der Waals surface area contributed by atoms with Crippen LogP contribution in [0.25, 0.3) is 71.6 Å². The maximum atomic E-state index is 9.91. The van der Waals surface area contributed by atoms with E-state index in [1.807, 2.05) is 42.5 Å². The predicted octanol–water partition coefficient (Wildman–Crippen LogP) is 15.4. The van der Waals surface area contributed by atoms with Gasteiger partial charge >= 0.3 is 0 Å². The standard InChI is InChI=1S/C59H38N2/c1-3-18-39(19-4-1)43-24-9-13-33-53(43)61(42-36-37-55-48(38-42)45-26-10-14-34-54(45)60(55)41-22-5-2-6-23-41)56-35-17-32-52-58(56)47-27-8-12-30-50(47)59(52)49-29-11-7-25-44(49)46-28-15-20-40-21-16-31-51(59)57(40)46/h1-38H/i15D,16D,20D,21D,28D,31D. The molecule has 1 heterocycles. The summed E-state index contributed by atoms with van der Waals surface area (Å²) in [6, 6.07) is 65.9. The van der Waals surface area contributed by atoms with Gasteiger partial charge in [0.25, 0.3) is 0 Å². The summed E-state index contributed by atoms with van der Waals surface area (Å²) in [6.07, 6.45) is 0. The normalized spacial score (nSPS) is 16.0. The summed E-state index contributed by atoms with van der Waals surface area (Å²) < 4.78 is 58.3. The monoisotopic (exact) mass is 780 g/mol. The van der Waals surface area contributed by atoms with E-state index in [1.165, 1.54) is 0 Å². The van der Waals surface area contributed by atoms with E-state index in [-0.39, 0.29) is 41.6 Å². The molecule has 11 aromatic rings. The van der Waals surface area contributed by atoms with E-state index in [0.717, 1.165) is 89.1 Å². The molecule has 2 aliphatic carbocycles. The molecule has 0 radical (unpaired) electrons. The van der Waals surface area contributed by atoms with Gasteiger partial charge in [0.15, 0.2) is 0 Å². The lowest BCUT2D eigenvalue weighted by Gasteiger charge is -2.40. The predicted molar refractivity (Wildman–Crippen MR) is 255 cm³/mol. The first-order valence-electron chi connectivity index (χ1n) is 23.7. The van der Waals surface area contributed by atoms with Crippen LogP contribution in [0.15, 0.2) is 230 Å². The molecule has 284 valence electrons. The van der Waals surface area contributed by atoms with Crippen molar-refractivity contribution in [3.8, 4) is 39.1 Å². The summed E-state index contributed by atoms with van der Waals surface area (Å²) in [6.45, 7) is 0. The summed E-state index contributed by atoms with van der Waals surface area (Å²) >= 11 is 0. The fourth-order valence-electron chi connectivity index (χ4n) is 10.6. The molecule has 0 N–H and O–H groups in total. The lowest BCUT2D eigenvalue weighted by molar-refractivity contribution is 0.773. The Morgan fingerprint density at radius 2 is 1.05 bits per heavy atom. The quantitative estimate of drug-likeness (QED) is 0.169. The molecule has 1 atom stereocenters. The molecule has 1 aromatic heterocycles. The Balaban J connectivity index is 1.17. The van der Waals surface area contributed by atoms with Gasteiger partial charge in [-0.25, -0.2) is 0 Å². The number of anilines is 3. The average Bonchev–Trinajstić information content (AvgIpc) is 3.86. The number of hydrogen-bond donors (Lipinski definition) is 0. The third kappa shape index (κ3) is 4.67. The van der Waals surface area contributed by atoms with E-state index < -0.39 is 5.41 Å². The van der Waals surface area contributed by atoms with Crippen molar-refractivity contribution in [2.24, 2.45) is 0 Å². The highest BCUT2D eigenvalue weighted by atomic mass is 15.1. The van der Waals surface area contributed by atoms with E-state index in [1.54, 1.807) is 0 Å². The van der Waals surface area contributed by atoms with Crippen molar-refractivity contribution in [2.45, 2.75) is 5.41 Å². The molecule has 2 nitrogen and oxygen atoms in total. The smallest absolute Gasteiger partial charge is 0.0726 e. The van der Waals surface area contributed by atoms with Crippen LogP contribution in [0, 0.1) is 0 Å². The molecule has 10 aromatic carbocycles. The van der Waals surface area contributed by atoms with Crippen LogP contribution < -0.4 is 4.90 Å². The molecule has 0 bridgehead atoms. The van der Waals surface area contributed by atoms with Gasteiger partial charge in [-0.3, -0.25) is 0 Å². The third-order valence-electron chi connectivity index (χ3n) is 12.9. The Labute approximate surface area is 363 Å². The minimum absolute atomic E-state index is 0.120. The number of fused-ring (bicyclic) bond motifs is 12. The molecule has 0 saturated heterocycles. The average molecular weight is 781 g/mol. The highest BCUT2D eigenvalue weighted by Crippen LogP contribution is 2.64. The van der Waals surface area contributed by atoms with Crippen LogP contribution in [0.3, 0.4) is 0 Å². The molecule has 0 amide bonds. The first-order valence-corrected chi connectivity index (χ1v) is 20.7. The van der Waals surface area contributed by atoms with E-state index in [4.69, 9.17) is 1.37 Å². The van der Waals surface area contributed by atoms with Gasteiger partial charge in [0.1, 0.15) is 0 Å². The molecule has 1 unspecified atom stereocenters. The van der Waals surface area contributed by atoms with Gasteiger partial charge in [-0.1, -0.05) is 182 Å². The topological polar surface area (TPSA) is 8.17 Å². The summed E-state index contributed by atoms with van der Waals surface area (Å²) in [5, 5.41) is 2.79. The first kappa shape index (κ1) is 28.5. The maximum absolute atomic E-state index is 9.91. The van der Waals surface area contributed by atoms with Crippen molar-refractivity contribution in [2.75, 3.05) is 4.90 Å². The largest absolute Gasteiger partial charge is 0.309 e. The fraction of sp³-hybridized carbons (Fsp3) is 0.0169. The molecule has 0 saturated carbocycles.